The standard InChI is InChI=1S/C20H15BrCl2N2O3S/c21-14-4-8-17(9-5-14)24-20(26)13-25(18-3-1-2-16(23)12-18)29(27,28)19-10-6-15(22)7-11-19/h1-12H,13H2,(H,24,26). The van der Waals surface area contributed by atoms with Crippen molar-refractivity contribution < 1.29 is 13.2 Å². The van der Waals surface area contributed by atoms with Gasteiger partial charge in [0.25, 0.3) is 10.0 Å². The zero-order valence-corrected chi connectivity index (χ0v) is 18.8. The van der Waals surface area contributed by atoms with Crippen molar-refractivity contribution in [2.24, 2.45) is 0 Å². The Bertz CT molecular complexity index is 1120. The van der Waals surface area contributed by atoms with Crippen molar-refractivity contribution in [3.05, 3.63) is 87.3 Å². The molecule has 0 aromatic heterocycles. The molecule has 0 fully saturated rings. The van der Waals surface area contributed by atoms with Gasteiger partial charge >= 0.3 is 0 Å². The molecule has 0 spiro atoms. The molecule has 3 rings (SSSR count). The number of anilines is 2. The molecule has 0 aliphatic carbocycles. The number of halogens is 3. The fraction of sp³-hybridized carbons (Fsp3) is 0.0500. The predicted octanol–water partition coefficient (Wildman–Crippen LogP) is 5.59. The second kappa shape index (κ2) is 9.17. The first-order valence-electron chi connectivity index (χ1n) is 8.35. The third-order valence-electron chi connectivity index (χ3n) is 3.91. The fourth-order valence-electron chi connectivity index (χ4n) is 2.54. The van der Waals surface area contributed by atoms with Gasteiger partial charge < -0.3 is 5.32 Å². The Morgan fingerprint density at radius 2 is 1.59 bits per heavy atom. The molecule has 3 aromatic carbocycles. The minimum Gasteiger partial charge on any atom is -0.325 e. The van der Waals surface area contributed by atoms with Crippen LogP contribution in [-0.2, 0) is 14.8 Å². The third-order valence-corrected chi connectivity index (χ3v) is 6.72. The van der Waals surface area contributed by atoms with E-state index in [9.17, 15) is 13.2 Å². The van der Waals surface area contributed by atoms with Gasteiger partial charge in [0, 0.05) is 20.2 Å². The molecule has 150 valence electrons. The molecule has 0 aliphatic heterocycles. The van der Waals surface area contributed by atoms with Crippen LogP contribution >= 0.6 is 39.1 Å². The molecule has 1 amide bonds. The zero-order valence-electron chi connectivity index (χ0n) is 14.8. The van der Waals surface area contributed by atoms with Gasteiger partial charge in [-0.15, -0.1) is 0 Å². The van der Waals surface area contributed by atoms with E-state index in [4.69, 9.17) is 23.2 Å². The second-order valence-corrected chi connectivity index (χ2v) is 9.65. The number of carbonyl (C=O) groups is 1. The fourth-order valence-corrected chi connectivity index (χ4v) is 4.53. The van der Waals surface area contributed by atoms with Gasteiger partial charge in [-0.1, -0.05) is 45.2 Å². The van der Waals surface area contributed by atoms with Crippen LogP contribution in [0.5, 0.6) is 0 Å². The molecule has 0 aliphatic rings. The highest BCUT2D eigenvalue weighted by atomic mass is 79.9. The molecule has 0 saturated carbocycles. The molecule has 0 atom stereocenters. The van der Waals surface area contributed by atoms with Gasteiger partial charge in [-0.05, 0) is 66.7 Å². The van der Waals surface area contributed by atoms with E-state index in [1.165, 1.54) is 30.3 Å². The molecule has 0 heterocycles. The summed E-state index contributed by atoms with van der Waals surface area (Å²) < 4.78 is 28.4. The number of hydrogen-bond acceptors (Lipinski definition) is 3. The van der Waals surface area contributed by atoms with Crippen molar-refractivity contribution in [2.45, 2.75) is 4.90 Å². The number of benzene rings is 3. The summed E-state index contributed by atoms with van der Waals surface area (Å²) in [5.74, 6) is -0.496. The number of sulfonamides is 1. The van der Waals surface area contributed by atoms with E-state index in [1.807, 2.05) is 0 Å². The SMILES string of the molecule is O=C(CN(c1cccc(Cl)c1)S(=O)(=O)c1ccc(Cl)cc1)Nc1ccc(Br)cc1. The molecule has 9 heteroatoms. The summed E-state index contributed by atoms with van der Waals surface area (Å²) in [4.78, 5) is 12.6. The lowest BCUT2D eigenvalue weighted by Crippen LogP contribution is -2.38. The summed E-state index contributed by atoms with van der Waals surface area (Å²) in [5.41, 5.74) is 0.826. The normalized spacial score (nSPS) is 11.1. The van der Waals surface area contributed by atoms with Crippen LogP contribution in [0.1, 0.15) is 0 Å². The number of hydrogen-bond donors (Lipinski definition) is 1. The molecule has 3 aromatic rings. The highest BCUT2D eigenvalue weighted by molar-refractivity contribution is 9.10. The van der Waals surface area contributed by atoms with Crippen LogP contribution in [0.2, 0.25) is 10.0 Å². The number of nitrogens with one attached hydrogen (secondary N) is 1. The van der Waals surface area contributed by atoms with Gasteiger partial charge in [-0.25, -0.2) is 8.42 Å². The molecule has 0 radical (unpaired) electrons. The smallest absolute Gasteiger partial charge is 0.264 e. The van der Waals surface area contributed by atoms with E-state index in [2.05, 4.69) is 21.2 Å². The first-order chi connectivity index (χ1) is 13.8. The molecule has 1 N–H and O–H groups in total. The van der Waals surface area contributed by atoms with Crippen LogP contribution < -0.4 is 9.62 Å². The number of rotatable bonds is 6. The summed E-state index contributed by atoms with van der Waals surface area (Å²) in [5, 5.41) is 3.46. The lowest BCUT2D eigenvalue weighted by Gasteiger charge is -2.24. The van der Waals surface area contributed by atoms with E-state index in [0.29, 0.717) is 15.7 Å². The van der Waals surface area contributed by atoms with Crippen LogP contribution in [0.25, 0.3) is 0 Å². The number of amides is 1. The lowest BCUT2D eigenvalue weighted by molar-refractivity contribution is -0.114. The molecule has 29 heavy (non-hydrogen) atoms. The van der Waals surface area contributed by atoms with Crippen molar-refractivity contribution >= 4 is 66.4 Å². The van der Waals surface area contributed by atoms with Crippen LogP contribution in [0.4, 0.5) is 11.4 Å². The van der Waals surface area contributed by atoms with Gasteiger partial charge in [0.1, 0.15) is 6.54 Å². The molecule has 0 unspecified atom stereocenters. The minimum absolute atomic E-state index is 0.0123. The maximum Gasteiger partial charge on any atom is 0.264 e. The summed E-state index contributed by atoms with van der Waals surface area (Å²) in [7, 11) is -4.03. The Balaban J connectivity index is 1.93. The van der Waals surface area contributed by atoms with Crippen LogP contribution in [-0.4, -0.2) is 20.9 Å². The Morgan fingerprint density at radius 1 is 0.931 bits per heavy atom. The van der Waals surface area contributed by atoms with Gasteiger partial charge in [0.05, 0.1) is 10.6 Å². The summed E-state index contributed by atoms with van der Waals surface area (Å²) >= 11 is 15.2. The topological polar surface area (TPSA) is 66.5 Å². The molecular weight excluding hydrogens is 499 g/mol. The zero-order chi connectivity index (χ0) is 21.0. The Labute approximate surface area is 187 Å². The van der Waals surface area contributed by atoms with Gasteiger partial charge in [-0.3, -0.25) is 9.10 Å². The van der Waals surface area contributed by atoms with Crippen molar-refractivity contribution in [1.82, 2.24) is 0 Å². The highest BCUT2D eigenvalue weighted by Gasteiger charge is 2.27. The van der Waals surface area contributed by atoms with Gasteiger partial charge in [0.15, 0.2) is 0 Å². The summed E-state index contributed by atoms with van der Waals surface area (Å²) in [6.07, 6.45) is 0. The monoisotopic (exact) mass is 512 g/mol. The van der Waals surface area contributed by atoms with Gasteiger partial charge in [-0.2, -0.15) is 0 Å². The van der Waals surface area contributed by atoms with E-state index in [-0.39, 0.29) is 10.6 Å². The minimum atomic E-state index is -4.03. The molecule has 0 saturated heterocycles. The first kappa shape index (κ1) is 21.6. The average molecular weight is 514 g/mol. The maximum absolute atomic E-state index is 13.2. The van der Waals surface area contributed by atoms with Gasteiger partial charge in [0.2, 0.25) is 5.91 Å². The Kier molecular flexibility index (Phi) is 6.85. The van der Waals surface area contributed by atoms with E-state index < -0.39 is 22.5 Å². The lowest BCUT2D eigenvalue weighted by atomic mass is 10.3. The number of nitrogens with zero attached hydrogens (tertiary/aromatic N) is 1. The van der Waals surface area contributed by atoms with E-state index >= 15 is 0 Å². The van der Waals surface area contributed by atoms with Crippen molar-refractivity contribution in [1.29, 1.82) is 0 Å². The quantitative estimate of drug-likeness (QED) is 0.467. The first-order valence-corrected chi connectivity index (χ1v) is 11.3. The Hall–Kier alpha value is -2.06. The molecule has 5 nitrogen and oxygen atoms in total. The summed E-state index contributed by atoms with van der Waals surface area (Å²) in [6, 6.07) is 19.0. The van der Waals surface area contributed by atoms with E-state index in [0.717, 1.165) is 8.78 Å². The van der Waals surface area contributed by atoms with Crippen LogP contribution in [0.15, 0.2) is 82.2 Å². The molecule has 0 bridgehead atoms. The average Bonchev–Trinajstić information content (AvgIpc) is 2.68. The van der Waals surface area contributed by atoms with E-state index in [1.54, 1.807) is 42.5 Å². The predicted molar refractivity (Wildman–Crippen MR) is 120 cm³/mol. The van der Waals surface area contributed by atoms with Crippen LogP contribution in [0, 0.1) is 0 Å². The molecular formula is C20H15BrCl2N2O3S. The number of carbonyl (C=O) groups excluding carboxylic acids is 1. The third kappa shape index (κ3) is 5.51. The van der Waals surface area contributed by atoms with Crippen molar-refractivity contribution in [2.75, 3.05) is 16.2 Å². The largest absolute Gasteiger partial charge is 0.325 e. The van der Waals surface area contributed by atoms with Crippen LogP contribution in [0.3, 0.4) is 0 Å². The highest BCUT2D eigenvalue weighted by Crippen LogP contribution is 2.27. The second-order valence-electron chi connectivity index (χ2n) is 6.00. The van der Waals surface area contributed by atoms with Crippen molar-refractivity contribution in [3.63, 3.8) is 0 Å². The Morgan fingerprint density at radius 3 is 2.21 bits per heavy atom. The maximum atomic E-state index is 13.2. The van der Waals surface area contributed by atoms with Crippen molar-refractivity contribution in [3.8, 4) is 0 Å². The summed E-state index contributed by atoms with van der Waals surface area (Å²) in [6.45, 7) is -0.429.